The van der Waals surface area contributed by atoms with E-state index in [4.69, 9.17) is 15.9 Å². The Kier molecular flexibility index (Phi) is 9.54. The molecule has 236 valence electrons. The number of piperazine rings is 1. The zero-order chi connectivity index (χ0) is 32.1. The quantitative estimate of drug-likeness (QED) is 0.146. The van der Waals surface area contributed by atoms with Gasteiger partial charge in [0, 0.05) is 68.2 Å². The molecule has 2 fully saturated rings. The molecule has 2 saturated heterocycles. The minimum absolute atomic E-state index is 0.128. The zero-order valence-corrected chi connectivity index (χ0v) is 26.5. The molecule has 11 heteroatoms. The van der Waals surface area contributed by atoms with Gasteiger partial charge in [-0.2, -0.15) is 5.10 Å². The van der Waals surface area contributed by atoms with Gasteiger partial charge in [-0.15, -0.1) is 0 Å². The molecule has 11 nitrogen and oxygen atoms in total. The van der Waals surface area contributed by atoms with Crippen LogP contribution in [0.1, 0.15) is 77.1 Å². The summed E-state index contributed by atoms with van der Waals surface area (Å²) in [7, 11) is 0. The molecule has 2 amide bonds. The molecule has 45 heavy (non-hydrogen) atoms. The maximum atomic E-state index is 13.9. The number of nitrogens with zero attached hydrogens (tertiary/aromatic N) is 5. The van der Waals surface area contributed by atoms with Gasteiger partial charge in [0.05, 0.1) is 23.1 Å². The molecule has 0 aliphatic carbocycles. The summed E-state index contributed by atoms with van der Waals surface area (Å²) in [6.07, 6.45) is 7.24. The standard InChI is InChI=1S/C34H42N8O3/c1-5-6-7-8-9-24-10-11-25(20-30(24)40-16-17-41(23(2)43)34(3,4)33(40)44)28-21-27(31(39-28)32(36)37-22-35)29-12-15-38-42(29)26-13-18-45-19-14-26/h10-12,15,20-22,26,39H,5-7,13-14,16-19H2,1-4H3,(H3,35,36,37). The first-order chi connectivity index (χ1) is 21.7. The Bertz CT molecular complexity index is 1670. The number of anilines is 1. The number of amides is 2. The molecule has 4 heterocycles. The van der Waals surface area contributed by atoms with Crippen molar-refractivity contribution >= 4 is 29.7 Å². The van der Waals surface area contributed by atoms with Crippen molar-refractivity contribution in [3.8, 4) is 34.4 Å². The highest BCUT2D eigenvalue weighted by Gasteiger charge is 2.44. The molecular formula is C34H42N8O3. The van der Waals surface area contributed by atoms with E-state index in [1.54, 1.807) is 29.8 Å². The number of nitrogens with one attached hydrogen (secondary N) is 2. The number of nitrogens with two attached hydrogens (primary N) is 1. The summed E-state index contributed by atoms with van der Waals surface area (Å²) in [6, 6.07) is 10.1. The lowest BCUT2D eigenvalue weighted by Crippen LogP contribution is -2.64. The smallest absolute Gasteiger partial charge is 0.252 e. The average Bonchev–Trinajstić information content (AvgIpc) is 3.69. The fourth-order valence-electron chi connectivity index (χ4n) is 6.16. The minimum Gasteiger partial charge on any atom is -0.382 e. The lowest BCUT2D eigenvalue weighted by molar-refractivity contribution is -0.145. The summed E-state index contributed by atoms with van der Waals surface area (Å²) >= 11 is 0. The van der Waals surface area contributed by atoms with Gasteiger partial charge < -0.3 is 25.3 Å². The van der Waals surface area contributed by atoms with Gasteiger partial charge >= 0.3 is 0 Å². The molecule has 3 aromatic rings. The van der Waals surface area contributed by atoms with Crippen molar-refractivity contribution in [2.75, 3.05) is 31.2 Å². The van der Waals surface area contributed by atoms with Gasteiger partial charge in [0.25, 0.3) is 5.91 Å². The van der Waals surface area contributed by atoms with Crippen LogP contribution in [0.15, 0.2) is 41.5 Å². The first-order valence-corrected chi connectivity index (χ1v) is 15.6. The van der Waals surface area contributed by atoms with Crippen molar-refractivity contribution in [2.24, 2.45) is 10.7 Å². The summed E-state index contributed by atoms with van der Waals surface area (Å²) in [5, 5.41) is 12.2. The summed E-state index contributed by atoms with van der Waals surface area (Å²) in [6.45, 7) is 9.35. The van der Waals surface area contributed by atoms with E-state index in [1.165, 1.54) is 6.92 Å². The fourth-order valence-corrected chi connectivity index (χ4v) is 6.16. The van der Waals surface area contributed by atoms with Crippen LogP contribution in [0.4, 0.5) is 5.69 Å². The summed E-state index contributed by atoms with van der Waals surface area (Å²) in [4.78, 5) is 37.1. The van der Waals surface area contributed by atoms with Crippen molar-refractivity contribution in [3.63, 3.8) is 0 Å². The lowest BCUT2D eigenvalue weighted by atomic mass is 9.95. The fraction of sp³-hybridized carbons (Fsp3) is 0.441. The number of aliphatic imine (C=N–C) groups is 1. The van der Waals surface area contributed by atoms with Crippen molar-refractivity contribution in [2.45, 2.75) is 71.4 Å². The maximum Gasteiger partial charge on any atom is 0.252 e. The second-order valence-corrected chi connectivity index (χ2v) is 11.9. The predicted octanol–water partition coefficient (Wildman–Crippen LogP) is 4.72. The Labute approximate surface area is 264 Å². The van der Waals surface area contributed by atoms with Crippen LogP contribution in [0.5, 0.6) is 0 Å². The summed E-state index contributed by atoms with van der Waals surface area (Å²) in [5.74, 6) is 6.47. The summed E-state index contributed by atoms with van der Waals surface area (Å²) < 4.78 is 7.60. The van der Waals surface area contributed by atoms with Gasteiger partial charge in [-0.1, -0.05) is 31.3 Å². The van der Waals surface area contributed by atoms with Gasteiger partial charge in [0.15, 0.2) is 0 Å². The van der Waals surface area contributed by atoms with E-state index >= 15 is 0 Å². The van der Waals surface area contributed by atoms with E-state index in [-0.39, 0.29) is 23.7 Å². The Morgan fingerprint density at radius 2 is 2.02 bits per heavy atom. The minimum atomic E-state index is -1.000. The Morgan fingerprint density at radius 3 is 2.73 bits per heavy atom. The number of H-pyrrole nitrogens is 1. The highest BCUT2D eigenvalue weighted by atomic mass is 16.5. The number of aromatic nitrogens is 3. The van der Waals surface area contributed by atoms with Gasteiger partial charge in [-0.3, -0.25) is 19.7 Å². The number of ether oxygens (including phenoxy) is 1. The number of benzene rings is 1. The molecule has 2 aromatic heterocycles. The maximum absolute atomic E-state index is 13.9. The van der Waals surface area contributed by atoms with Gasteiger partial charge in [0.2, 0.25) is 5.91 Å². The highest BCUT2D eigenvalue weighted by molar-refractivity contribution is 6.06. The molecular weight excluding hydrogens is 568 g/mol. The molecule has 0 spiro atoms. The van der Waals surface area contributed by atoms with Crippen molar-refractivity contribution < 1.29 is 14.3 Å². The van der Waals surface area contributed by atoms with Crippen LogP contribution in [0.3, 0.4) is 0 Å². The van der Waals surface area contributed by atoms with E-state index < -0.39 is 5.54 Å². The SMILES string of the molecule is CCCCC#Cc1ccc(-c2cc(-c3ccnn3C3CCOCC3)c(C(N)=NC=N)[nH]2)cc1N1CCN(C(C)=O)C(C)(C)C1=O. The zero-order valence-electron chi connectivity index (χ0n) is 26.5. The Hall–Kier alpha value is -4.69. The normalized spacial score (nSPS) is 17.2. The molecule has 0 unspecified atom stereocenters. The molecule has 0 atom stereocenters. The van der Waals surface area contributed by atoms with Crippen molar-refractivity contribution in [1.82, 2.24) is 19.7 Å². The number of aromatic amines is 1. The van der Waals surface area contributed by atoms with Crippen LogP contribution in [-0.2, 0) is 14.3 Å². The number of amidine groups is 1. The van der Waals surface area contributed by atoms with Crippen LogP contribution in [-0.4, -0.2) is 75.5 Å². The van der Waals surface area contributed by atoms with Crippen molar-refractivity contribution in [3.05, 3.63) is 47.8 Å². The molecule has 2 aliphatic rings. The van der Waals surface area contributed by atoms with Crippen LogP contribution >= 0.6 is 0 Å². The van der Waals surface area contributed by atoms with Crippen LogP contribution < -0.4 is 10.6 Å². The first kappa shape index (κ1) is 31.7. The third-order valence-corrected chi connectivity index (χ3v) is 8.61. The number of rotatable bonds is 8. The van der Waals surface area contributed by atoms with Crippen molar-refractivity contribution in [1.29, 1.82) is 5.41 Å². The predicted molar refractivity (Wildman–Crippen MR) is 176 cm³/mol. The molecule has 0 saturated carbocycles. The van der Waals surface area contributed by atoms with E-state index in [0.717, 1.165) is 66.5 Å². The first-order valence-electron chi connectivity index (χ1n) is 15.6. The Balaban J connectivity index is 1.61. The van der Waals surface area contributed by atoms with Gasteiger partial charge in [-0.25, -0.2) is 4.99 Å². The van der Waals surface area contributed by atoms with Crippen LogP contribution in [0.25, 0.3) is 22.5 Å². The third kappa shape index (κ3) is 6.42. The second-order valence-electron chi connectivity index (χ2n) is 11.9. The number of unbranched alkanes of at least 4 members (excludes halogenated alkanes) is 2. The number of carbonyl (C=O) groups excluding carboxylic acids is 2. The monoisotopic (exact) mass is 610 g/mol. The average molecular weight is 611 g/mol. The number of carbonyl (C=O) groups is 2. The molecule has 0 radical (unpaired) electrons. The molecule has 0 bridgehead atoms. The highest BCUT2D eigenvalue weighted by Crippen LogP contribution is 2.36. The van der Waals surface area contributed by atoms with Crippen LogP contribution in [0.2, 0.25) is 0 Å². The van der Waals surface area contributed by atoms with E-state index in [1.807, 2.05) is 35.0 Å². The molecule has 1 aromatic carbocycles. The van der Waals surface area contributed by atoms with E-state index in [9.17, 15) is 9.59 Å². The molecule has 4 N–H and O–H groups in total. The van der Waals surface area contributed by atoms with Crippen LogP contribution in [0, 0.1) is 17.3 Å². The molecule has 2 aliphatic heterocycles. The lowest BCUT2D eigenvalue weighted by Gasteiger charge is -2.45. The van der Waals surface area contributed by atoms with E-state index in [2.05, 4.69) is 33.8 Å². The summed E-state index contributed by atoms with van der Waals surface area (Å²) in [5.41, 5.74) is 10.7. The largest absolute Gasteiger partial charge is 0.382 e. The van der Waals surface area contributed by atoms with Gasteiger partial charge in [0.1, 0.15) is 17.7 Å². The topological polar surface area (TPSA) is 146 Å². The van der Waals surface area contributed by atoms with Gasteiger partial charge in [-0.05, 0) is 57.4 Å². The molecule has 5 rings (SSSR count). The Morgan fingerprint density at radius 1 is 1.24 bits per heavy atom. The van der Waals surface area contributed by atoms with E-state index in [0.29, 0.717) is 37.7 Å². The number of hydrogen-bond acceptors (Lipinski definition) is 5. The number of hydrogen-bond donors (Lipinski definition) is 3. The second kappa shape index (κ2) is 13.5. The third-order valence-electron chi connectivity index (χ3n) is 8.61.